The lowest BCUT2D eigenvalue weighted by Gasteiger charge is -2.34. The normalized spacial score (nSPS) is 13.3. The van der Waals surface area contributed by atoms with Crippen LogP contribution in [0, 0.1) is 0 Å². The van der Waals surface area contributed by atoms with Gasteiger partial charge in [0.05, 0.1) is 27.5 Å². The molecule has 0 spiro atoms. The molecular formula is C78H60N4. The van der Waals surface area contributed by atoms with Gasteiger partial charge in [-0.3, -0.25) is 0 Å². The Bertz CT molecular complexity index is 4700. The van der Waals surface area contributed by atoms with Crippen molar-refractivity contribution in [3.05, 3.63) is 325 Å². The van der Waals surface area contributed by atoms with E-state index in [1.807, 2.05) is 0 Å². The highest BCUT2D eigenvalue weighted by molar-refractivity contribution is 6.11. The number of hydrogen-bond donors (Lipinski definition) is 0. The molecule has 16 rings (SSSR count). The van der Waals surface area contributed by atoms with Crippen LogP contribution >= 0.6 is 0 Å². The first kappa shape index (κ1) is 48.9. The third-order valence-electron chi connectivity index (χ3n) is 17.9. The largest absolute Gasteiger partial charge is 0.345 e. The molecule has 0 unspecified atom stereocenters. The zero-order chi connectivity index (χ0) is 55.1. The van der Waals surface area contributed by atoms with Crippen molar-refractivity contribution in [1.82, 2.24) is 9.13 Å². The molecule has 0 atom stereocenters. The molecule has 0 N–H and O–H groups in total. The van der Waals surface area contributed by atoms with Gasteiger partial charge in [0, 0.05) is 75.2 Å². The lowest BCUT2D eigenvalue weighted by atomic mass is 9.67. The van der Waals surface area contributed by atoms with Gasteiger partial charge in [-0.2, -0.15) is 0 Å². The number of para-hydroxylation sites is 4. The number of benzene rings is 12. The topological polar surface area (TPSA) is 16.3 Å². The summed E-state index contributed by atoms with van der Waals surface area (Å²) in [7, 11) is 4.36. The highest BCUT2D eigenvalue weighted by Gasteiger charge is 2.46. The quantitative estimate of drug-likeness (QED) is 0.151. The van der Waals surface area contributed by atoms with E-state index in [9.17, 15) is 0 Å². The average Bonchev–Trinajstić information content (AvgIpc) is 3.92. The third kappa shape index (κ3) is 7.52. The number of hydrogen-bond acceptors (Lipinski definition) is 2. The number of anilines is 4. The van der Waals surface area contributed by atoms with Crippen LogP contribution in [0.3, 0.4) is 0 Å². The van der Waals surface area contributed by atoms with Crippen molar-refractivity contribution >= 4 is 66.4 Å². The fraction of sp³-hybridized carbons (Fsp3) is 0.0769. The summed E-state index contributed by atoms with van der Waals surface area (Å²) in [5.41, 5.74) is 24.9. The van der Waals surface area contributed by atoms with Crippen molar-refractivity contribution in [2.24, 2.45) is 0 Å². The van der Waals surface area contributed by atoms with Gasteiger partial charge in [0.2, 0.25) is 0 Å². The Morgan fingerprint density at radius 3 is 1.11 bits per heavy atom. The summed E-state index contributed by atoms with van der Waals surface area (Å²) in [4.78, 5) is 4.64. The van der Waals surface area contributed by atoms with E-state index in [-0.39, 0.29) is 5.41 Å². The maximum atomic E-state index is 2.42. The zero-order valence-corrected chi connectivity index (χ0v) is 46.5. The predicted molar refractivity (Wildman–Crippen MR) is 345 cm³/mol. The van der Waals surface area contributed by atoms with Crippen LogP contribution in [0.5, 0.6) is 0 Å². The molecule has 2 aliphatic carbocycles. The van der Waals surface area contributed by atoms with Crippen LogP contribution in [-0.4, -0.2) is 23.2 Å². The van der Waals surface area contributed by atoms with Crippen LogP contribution in [0.1, 0.15) is 47.2 Å². The zero-order valence-electron chi connectivity index (χ0n) is 46.5. The molecule has 0 saturated heterocycles. The van der Waals surface area contributed by atoms with Crippen LogP contribution < -0.4 is 9.80 Å². The Hall–Kier alpha value is -10.2. The second-order valence-corrected chi connectivity index (χ2v) is 22.6. The first-order chi connectivity index (χ1) is 40.3. The molecule has 12 aromatic carbocycles. The first-order valence-corrected chi connectivity index (χ1v) is 28.5. The molecule has 4 nitrogen and oxygen atoms in total. The summed E-state index contributed by atoms with van der Waals surface area (Å²) in [5.74, 6) is 0. The molecular weight excluding hydrogens is 993 g/mol. The number of fused-ring (bicyclic) bond motifs is 12. The molecule has 2 aromatic heterocycles. The minimum absolute atomic E-state index is 0.00413. The summed E-state index contributed by atoms with van der Waals surface area (Å²) >= 11 is 0. The molecule has 0 saturated carbocycles. The summed E-state index contributed by atoms with van der Waals surface area (Å²) in [6, 6.07) is 106. The van der Waals surface area contributed by atoms with Gasteiger partial charge in [0.25, 0.3) is 0 Å². The van der Waals surface area contributed by atoms with E-state index in [0.29, 0.717) is 0 Å². The summed E-state index contributed by atoms with van der Waals surface area (Å²) in [5, 5.41) is 5.05. The Morgan fingerprint density at radius 1 is 0.268 bits per heavy atom. The van der Waals surface area contributed by atoms with Gasteiger partial charge in [-0.05, 0) is 153 Å². The van der Waals surface area contributed by atoms with Gasteiger partial charge in [-0.25, -0.2) is 0 Å². The standard InChI is InChI=1S/C44H32N2.C34H28N2/c1-45(34-26-28-43-39(29-34)38-22-12-14-24-42(38)46(43)33-19-9-4-10-20-33)35-25-27-37-36-21-11-13-23-40(36)44(41(37)30-35,31-15-5-2-6-16-31)32-17-7-3-8-18-32;1-34(2)30-15-9-7-13-26(30)27-19-17-25(22-31(27)34)35(3)24-18-20-33-29(21-24)28-14-8-10-16-32(28)36(33)23-11-5-4-6-12-23/h2-30H,1H3;4-22H,1-3H3. The molecule has 0 bridgehead atoms. The van der Waals surface area contributed by atoms with Crippen molar-refractivity contribution in [2.45, 2.75) is 24.7 Å². The lowest BCUT2D eigenvalue weighted by molar-refractivity contribution is 0.660. The van der Waals surface area contributed by atoms with Gasteiger partial charge in [-0.1, -0.05) is 208 Å². The van der Waals surface area contributed by atoms with Crippen LogP contribution in [0.4, 0.5) is 22.7 Å². The van der Waals surface area contributed by atoms with Gasteiger partial charge < -0.3 is 18.9 Å². The Balaban J connectivity index is 0.000000145. The van der Waals surface area contributed by atoms with Crippen molar-refractivity contribution < 1.29 is 0 Å². The van der Waals surface area contributed by atoms with Crippen molar-refractivity contribution in [2.75, 3.05) is 23.9 Å². The second-order valence-electron chi connectivity index (χ2n) is 22.6. The molecule has 0 radical (unpaired) electrons. The fourth-order valence-electron chi connectivity index (χ4n) is 13.9. The number of aromatic nitrogens is 2. The molecule has 14 aromatic rings. The summed E-state index contributed by atoms with van der Waals surface area (Å²) < 4.78 is 4.73. The smallest absolute Gasteiger partial charge is 0.0714 e. The number of nitrogens with zero attached hydrogens (tertiary/aromatic N) is 4. The molecule has 4 heteroatoms. The van der Waals surface area contributed by atoms with Gasteiger partial charge >= 0.3 is 0 Å². The Kier molecular flexibility index (Phi) is 11.5. The fourth-order valence-corrected chi connectivity index (χ4v) is 13.9. The third-order valence-corrected chi connectivity index (χ3v) is 17.9. The summed E-state index contributed by atoms with van der Waals surface area (Å²) in [6.45, 7) is 4.68. The van der Waals surface area contributed by atoms with Crippen LogP contribution in [0.25, 0.3) is 77.2 Å². The van der Waals surface area contributed by atoms with Gasteiger partial charge in [-0.15, -0.1) is 0 Å². The Labute approximate surface area is 479 Å². The predicted octanol–water partition coefficient (Wildman–Crippen LogP) is 19.8. The van der Waals surface area contributed by atoms with Crippen LogP contribution in [0.2, 0.25) is 0 Å². The average molecular weight is 1050 g/mol. The highest BCUT2D eigenvalue weighted by atomic mass is 15.1. The van der Waals surface area contributed by atoms with E-state index in [0.717, 1.165) is 11.4 Å². The summed E-state index contributed by atoms with van der Waals surface area (Å²) in [6.07, 6.45) is 0. The van der Waals surface area contributed by atoms with Crippen LogP contribution in [-0.2, 0) is 10.8 Å². The lowest BCUT2D eigenvalue weighted by Crippen LogP contribution is -2.28. The SMILES string of the molecule is CN(c1ccc2c(c1)C(C)(C)c1ccccc1-2)c1ccc2c(c1)c1ccccc1n2-c1ccccc1.CN(c1ccc2c(c1)C(c1ccccc1)(c1ccccc1)c1ccccc1-2)c1ccc2c(c1)c1ccccc1n2-c1ccccc1. The second kappa shape index (κ2) is 19.3. The maximum absolute atomic E-state index is 2.42. The monoisotopic (exact) mass is 1050 g/mol. The van der Waals surface area contributed by atoms with E-state index in [4.69, 9.17) is 0 Å². The molecule has 392 valence electrons. The first-order valence-electron chi connectivity index (χ1n) is 28.5. The molecule has 0 aliphatic heterocycles. The van der Waals surface area contributed by atoms with Gasteiger partial charge in [0.15, 0.2) is 0 Å². The van der Waals surface area contributed by atoms with E-state index < -0.39 is 5.41 Å². The maximum Gasteiger partial charge on any atom is 0.0714 e. The molecule has 82 heavy (non-hydrogen) atoms. The van der Waals surface area contributed by atoms with Gasteiger partial charge in [0.1, 0.15) is 0 Å². The highest BCUT2D eigenvalue weighted by Crippen LogP contribution is 2.57. The van der Waals surface area contributed by atoms with E-state index in [1.165, 1.54) is 122 Å². The van der Waals surface area contributed by atoms with Crippen molar-refractivity contribution in [3.63, 3.8) is 0 Å². The molecule has 2 heterocycles. The molecule has 0 amide bonds. The minimum atomic E-state index is -0.418. The van der Waals surface area contributed by atoms with Crippen molar-refractivity contribution in [3.8, 4) is 33.6 Å². The van der Waals surface area contributed by atoms with E-state index in [1.54, 1.807) is 0 Å². The van der Waals surface area contributed by atoms with E-state index >= 15 is 0 Å². The minimum Gasteiger partial charge on any atom is -0.345 e. The molecule has 2 aliphatic rings. The van der Waals surface area contributed by atoms with E-state index in [2.05, 4.69) is 338 Å². The van der Waals surface area contributed by atoms with Crippen LogP contribution in [0.15, 0.2) is 291 Å². The van der Waals surface area contributed by atoms with Crippen molar-refractivity contribution in [1.29, 1.82) is 0 Å². The molecule has 0 fully saturated rings. The Morgan fingerprint density at radius 2 is 0.610 bits per heavy atom. The number of rotatable bonds is 8.